The third-order valence-electron chi connectivity index (χ3n) is 7.90. The highest BCUT2D eigenvalue weighted by Gasteiger charge is 2.24. The Hall–Kier alpha value is -3.54. The minimum Gasteiger partial charge on any atom is -0.444 e. The smallest absolute Gasteiger partial charge is 0.407 e. The fourth-order valence-corrected chi connectivity index (χ4v) is 6.16. The molecule has 41 heavy (non-hydrogen) atoms. The first-order chi connectivity index (χ1) is 19.8. The predicted molar refractivity (Wildman–Crippen MR) is 155 cm³/mol. The number of nitrogens with zero attached hydrogens (tertiary/aromatic N) is 1. The average molecular weight is 581 g/mol. The first-order valence-electron chi connectivity index (χ1n) is 14.1. The Morgan fingerprint density at radius 3 is 2.29 bits per heavy atom. The van der Waals surface area contributed by atoms with Gasteiger partial charge in [-0.25, -0.2) is 22.9 Å². The number of fused-ring (bicyclic) bond motifs is 1. The van der Waals surface area contributed by atoms with Crippen LogP contribution in [0.2, 0.25) is 0 Å². The van der Waals surface area contributed by atoms with Crippen LogP contribution in [0.15, 0.2) is 59.5 Å². The van der Waals surface area contributed by atoms with Crippen LogP contribution in [0.4, 0.5) is 4.79 Å². The highest BCUT2D eigenvalue weighted by Crippen LogP contribution is 2.29. The maximum absolute atomic E-state index is 13.4. The van der Waals surface area contributed by atoms with Gasteiger partial charge in [0, 0.05) is 30.5 Å². The Kier molecular flexibility index (Phi) is 9.16. The maximum atomic E-state index is 13.4. The number of ether oxygens (including phenoxy) is 2. The molecule has 5 rings (SSSR count). The lowest BCUT2D eigenvalue weighted by Crippen LogP contribution is -2.36. The van der Waals surface area contributed by atoms with E-state index in [4.69, 9.17) is 14.5 Å². The van der Waals surface area contributed by atoms with Crippen molar-refractivity contribution >= 4 is 32.9 Å². The molecule has 1 aliphatic carbocycles. The molecule has 2 heterocycles. The Balaban J connectivity index is 1.18. The van der Waals surface area contributed by atoms with Gasteiger partial charge in [-0.15, -0.1) is 0 Å². The number of sulfonamides is 1. The number of carbonyl (C=O) groups is 2. The van der Waals surface area contributed by atoms with Crippen molar-refractivity contribution in [3.63, 3.8) is 0 Å². The maximum Gasteiger partial charge on any atom is 0.407 e. The monoisotopic (exact) mass is 580 g/mol. The van der Waals surface area contributed by atoms with Crippen LogP contribution in [-0.4, -0.2) is 64.9 Å². The Bertz CT molecular complexity index is 1480. The zero-order chi connectivity index (χ0) is 28.8. The van der Waals surface area contributed by atoms with Gasteiger partial charge in [0.2, 0.25) is 10.0 Å². The molecular weight excluding hydrogens is 544 g/mol. The number of hydrogen-bond acceptors (Lipinski definition) is 7. The van der Waals surface area contributed by atoms with Crippen molar-refractivity contribution in [2.75, 3.05) is 33.4 Å². The molecule has 2 amide bonds. The molecule has 11 heteroatoms. The molecule has 218 valence electrons. The van der Waals surface area contributed by atoms with Gasteiger partial charge in [0.05, 0.1) is 34.9 Å². The summed E-state index contributed by atoms with van der Waals surface area (Å²) in [6, 6.07) is 15.7. The third-order valence-corrected chi connectivity index (χ3v) is 9.33. The molecule has 1 atom stereocenters. The van der Waals surface area contributed by atoms with E-state index in [0.717, 1.165) is 37.5 Å². The van der Waals surface area contributed by atoms with E-state index >= 15 is 0 Å². The van der Waals surface area contributed by atoms with E-state index in [1.54, 1.807) is 18.2 Å². The molecule has 0 spiro atoms. The third kappa shape index (κ3) is 7.22. The Morgan fingerprint density at radius 1 is 0.951 bits per heavy atom. The number of aromatic nitrogens is 1. The van der Waals surface area contributed by atoms with Crippen LogP contribution in [0.1, 0.15) is 42.5 Å². The summed E-state index contributed by atoms with van der Waals surface area (Å²) >= 11 is 0. The molecule has 1 saturated carbocycles. The minimum absolute atomic E-state index is 0.148. The lowest BCUT2D eigenvalue weighted by Gasteiger charge is -2.28. The van der Waals surface area contributed by atoms with Gasteiger partial charge >= 0.3 is 6.09 Å². The van der Waals surface area contributed by atoms with E-state index in [-0.39, 0.29) is 23.0 Å². The van der Waals surface area contributed by atoms with Gasteiger partial charge in [-0.05, 0) is 68.8 Å². The van der Waals surface area contributed by atoms with Crippen molar-refractivity contribution in [2.24, 2.45) is 11.8 Å². The lowest BCUT2D eigenvalue weighted by atomic mass is 9.82. The summed E-state index contributed by atoms with van der Waals surface area (Å²) in [4.78, 5) is 30.3. The molecule has 10 nitrogen and oxygen atoms in total. The first kappa shape index (κ1) is 29.0. The van der Waals surface area contributed by atoms with Gasteiger partial charge in [0.1, 0.15) is 6.10 Å². The highest BCUT2D eigenvalue weighted by atomic mass is 32.2. The number of hydrogen-bond donors (Lipinski definition) is 3. The number of carbonyl (C=O) groups excluding carboxylic acids is 2. The number of para-hydroxylation sites is 1. The van der Waals surface area contributed by atoms with E-state index < -0.39 is 10.0 Å². The standard InChI is InChI=1S/C30H36N4O6S/c1-31-41(37,38)24-12-10-22(11-13-24)28-16-26(25-4-2-3-5-27(25)34-28)29(35)32-17-20-6-8-21(9-7-20)18-33-30(36)40-23-14-15-39-19-23/h2-5,10-13,16,20-21,23,31H,6-9,14-15,17-19H2,1H3,(H,32,35)(H,33,36)/t20?,21?,23-/m0/s1. The summed E-state index contributed by atoms with van der Waals surface area (Å²) in [6.45, 7) is 2.28. The average Bonchev–Trinajstić information content (AvgIpc) is 3.52. The van der Waals surface area contributed by atoms with Crippen LogP contribution in [0.3, 0.4) is 0 Å². The molecule has 2 aromatic carbocycles. The number of benzene rings is 2. The number of rotatable bonds is 9. The molecule has 2 aliphatic rings. The van der Waals surface area contributed by atoms with Crippen LogP contribution in [0, 0.1) is 11.8 Å². The van der Waals surface area contributed by atoms with E-state index in [2.05, 4.69) is 15.4 Å². The minimum atomic E-state index is -3.55. The molecule has 0 unspecified atom stereocenters. The summed E-state index contributed by atoms with van der Waals surface area (Å²) < 4.78 is 37.1. The molecule has 1 aliphatic heterocycles. The summed E-state index contributed by atoms with van der Waals surface area (Å²) in [5, 5.41) is 6.77. The summed E-state index contributed by atoms with van der Waals surface area (Å²) in [5.74, 6) is 0.601. The van der Waals surface area contributed by atoms with Gasteiger partial charge in [-0.2, -0.15) is 0 Å². The van der Waals surface area contributed by atoms with Crippen molar-refractivity contribution in [3.05, 3.63) is 60.2 Å². The highest BCUT2D eigenvalue weighted by molar-refractivity contribution is 7.89. The van der Waals surface area contributed by atoms with Gasteiger partial charge in [-0.1, -0.05) is 30.3 Å². The second-order valence-corrected chi connectivity index (χ2v) is 12.6. The molecule has 2 fully saturated rings. The van der Waals surface area contributed by atoms with Gasteiger partial charge in [0.15, 0.2) is 0 Å². The summed E-state index contributed by atoms with van der Waals surface area (Å²) in [6.07, 6.45) is 4.13. The van der Waals surface area contributed by atoms with E-state index in [1.165, 1.54) is 19.2 Å². The number of nitrogens with one attached hydrogen (secondary N) is 3. The molecule has 0 bridgehead atoms. The number of pyridine rings is 1. The molecule has 3 aromatic rings. The number of alkyl carbamates (subject to hydrolysis) is 1. The van der Waals surface area contributed by atoms with Crippen LogP contribution in [0.5, 0.6) is 0 Å². The summed E-state index contributed by atoms with van der Waals surface area (Å²) in [7, 11) is -2.18. The molecule has 1 aromatic heterocycles. The first-order valence-corrected chi connectivity index (χ1v) is 15.5. The van der Waals surface area contributed by atoms with Gasteiger partial charge in [0.25, 0.3) is 5.91 Å². The van der Waals surface area contributed by atoms with Crippen LogP contribution in [-0.2, 0) is 19.5 Å². The van der Waals surface area contributed by atoms with Crippen molar-refractivity contribution < 1.29 is 27.5 Å². The second-order valence-electron chi connectivity index (χ2n) is 10.7. The van der Waals surface area contributed by atoms with Crippen molar-refractivity contribution in [2.45, 2.75) is 43.1 Å². The fourth-order valence-electron chi connectivity index (χ4n) is 5.43. The van der Waals surface area contributed by atoms with Crippen molar-refractivity contribution in [1.29, 1.82) is 0 Å². The van der Waals surface area contributed by atoms with Crippen molar-refractivity contribution in [3.8, 4) is 11.3 Å². The lowest BCUT2D eigenvalue weighted by molar-refractivity contribution is 0.0813. The van der Waals surface area contributed by atoms with E-state index in [0.29, 0.717) is 60.5 Å². The zero-order valence-corrected chi connectivity index (χ0v) is 23.9. The Morgan fingerprint density at radius 2 is 1.63 bits per heavy atom. The van der Waals surface area contributed by atoms with E-state index in [1.807, 2.05) is 24.3 Å². The molecule has 3 N–H and O–H groups in total. The molecular formula is C30H36N4O6S. The summed E-state index contributed by atoms with van der Waals surface area (Å²) in [5.41, 5.74) is 2.53. The number of amides is 2. The SMILES string of the molecule is CNS(=O)(=O)c1ccc(-c2cc(C(=O)NCC3CCC(CNC(=O)O[C@H]4CCOC4)CC3)c3ccccc3n2)cc1. The van der Waals surface area contributed by atoms with Gasteiger partial charge in [-0.3, -0.25) is 4.79 Å². The quantitative estimate of drug-likeness (QED) is 0.350. The van der Waals surface area contributed by atoms with Crippen LogP contribution in [0.25, 0.3) is 22.2 Å². The normalized spacial score (nSPS) is 21.0. The van der Waals surface area contributed by atoms with Gasteiger partial charge < -0.3 is 20.1 Å². The van der Waals surface area contributed by atoms with Crippen molar-refractivity contribution in [1.82, 2.24) is 20.3 Å². The van der Waals surface area contributed by atoms with E-state index in [9.17, 15) is 18.0 Å². The second kappa shape index (κ2) is 13.0. The van der Waals surface area contributed by atoms with Crippen LogP contribution >= 0.6 is 0 Å². The predicted octanol–water partition coefficient (Wildman–Crippen LogP) is 3.86. The largest absolute Gasteiger partial charge is 0.444 e. The van der Waals surface area contributed by atoms with Crippen LogP contribution < -0.4 is 15.4 Å². The zero-order valence-electron chi connectivity index (χ0n) is 23.1. The fraction of sp³-hybridized carbons (Fsp3) is 0.433. The molecule has 1 saturated heterocycles. The molecule has 0 radical (unpaired) electrons. The Labute approximate surface area is 240 Å². The topological polar surface area (TPSA) is 136 Å².